The molecule has 0 aromatic heterocycles. The van der Waals surface area contributed by atoms with E-state index in [4.69, 9.17) is 10.5 Å². The fraction of sp³-hybridized carbons (Fsp3) is 0.636. The highest BCUT2D eigenvalue weighted by atomic mass is 19.4. The van der Waals surface area contributed by atoms with Gasteiger partial charge in [-0.1, -0.05) is 20.8 Å². The van der Waals surface area contributed by atoms with E-state index >= 15 is 0 Å². The molecule has 0 aromatic carbocycles. The Balaban J connectivity index is 5.24. The molecule has 0 saturated heterocycles. The van der Waals surface area contributed by atoms with Gasteiger partial charge in [0.1, 0.15) is 6.07 Å². The summed E-state index contributed by atoms with van der Waals surface area (Å²) in [6.45, 7) is 2.44. The standard InChI is InChI=1S/C11H11F5N2O/c1-9(2,3)7(4-17)8(5-18)19-6-10(12,13)11(14,15)16/h6H2,1-3H3. The molecule has 0 fully saturated rings. The molecule has 0 atom stereocenters. The highest BCUT2D eigenvalue weighted by molar-refractivity contribution is 5.36. The van der Waals surface area contributed by atoms with E-state index in [2.05, 4.69) is 4.74 Å². The Morgan fingerprint density at radius 2 is 1.47 bits per heavy atom. The topological polar surface area (TPSA) is 56.8 Å². The van der Waals surface area contributed by atoms with Gasteiger partial charge in [-0.3, -0.25) is 0 Å². The van der Waals surface area contributed by atoms with Crippen molar-refractivity contribution in [1.29, 1.82) is 10.5 Å². The zero-order chi connectivity index (χ0) is 15.5. The number of hydrogen-bond acceptors (Lipinski definition) is 3. The summed E-state index contributed by atoms with van der Waals surface area (Å²) in [5.74, 6) is -5.92. The normalized spacial score (nSPS) is 14.2. The van der Waals surface area contributed by atoms with Gasteiger partial charge in [-0.05, 0) is 0 Å². The number of rotatable bonds is 3. The SMILES string of the molecule is CC(C)(C)C(C#N)=C(C#N)OCC(F)(F)C(F)(F)F. The number of hydrogen-bond donors (Lipinski definition) is 0. The van der Waals surface area contributed by atoms with Gasteiger partial charge in [-0.2, -0.15) is 32.5 Å². The van der Waals surface area contributed by atoms with Gasteiger partial charge in [0.25, 0.3) is 0 Å². The summed E-state index contributed by atoms with van der Waals surface area (Å²) < 4.78 is 65.2. The third kappa shape index (κ3) is 4.40. The van der Waals surface area contributed by atoms with Crippen LogP contribution in [0.25, 0.3) is 0 Å². The van der Waals surface area contributed by atoms with Gasteiger partial charge < -0.3 is 4.74 Å². The Morgan fingerprint density at radius 1 is 1.00 bits per heavy atom. The minimum Gasteiger partial charge on any atom is -0.476 e. The highest BCUT2D eigenvalue weighted by Crippen LogP contribution is 2.36. The number of nitrogens with zero attached hydrogens (tertiary/aromatic N) is 2. The zero-order valence-electron chi connectivity index (χ0n) is 10.4. The predicted octanol–water partition coefficient (Wildman–Crippen LogP) is 3.55. The zero-order valence-corrected chi connectivity index (χ0v) is 10.4. The fourth-order valence-electron chi connectivity index (χ4n) is 0.964. The van der Waals surface area contributed by atoms with Crippen molar-refractivity contribution in [2.75, 3.05) is 6.61 Å². The summed E-state index contributed by atoms with van der Waals surface area (Å²) in [4.78, 5) is 0. The first-order valence-corrected chi connectivity index (χ1v) is 4.99. The van der Waals surface area contributed by atoms with E-state index in [-0.39, 0.29) is 5.57 Å². The molecule has 0 N–H and O–H groups in total. The van der Waals surface area contributed by atoms with Crippen LogP contribution >= 0.6 is 0 Å². The van der Waals surface area contributed by atoms with Crippen LogP contribution in [0.15, 0.2) is 11.3 Å². The number of nitriles is 2. The molecule has 0 aliphatic rings. The molecule has 0 unspecified atom stereocenters. The molecular weight excluding hydrogens is 271 g/mol. The number of alkyl halides is 5. The van der Waals surface area contributed by atoms with Crippen LogP contribution in [0.4, 0.5) is 22.0 Å². The smallest absolute Gasteiger partial charge is 0.456 e. The maximum atomic E-state index is 12.6. The molecule has 19 heavy (non-hydrogen) atoms. The molecule has 0 bridgehead atoms. The lowest BCUT2D eigenvalue weighted by Crippen LogP contribution is -2.40. The molecule has 0 heterocycles. The molecule has 0 aliphatic carbocycles. The van der Waals surface area contributed by atoms with E-state index < -0.39 is 29.9 Å². The van der Waals surface area contributed by atoms with Gasteiger partial charge in [-0.25, -0.2) is 0 Å². The van der Waals surface area contributed by atoms with Crippen LogP contribution in [0.5, 0.6) is 0 Å². The Labute approximate surface area is 106 Å². The van der Waals surface area contributed by atoms with E-state index in [9.17, 15) is 22.0 Å². The molecule has 0 rings (SSSR count). The molecule has 3 nitrogen and oxygen atoms in total. The summed E-state index contributed by atoms with van der Waals surface area (Å²) in [7, 11) is 0. The molecule has 0 radical (unpaired) electrons. The predicted molar refractivity (Wildman–Crippen MR) is 54.7 cm³/mol. The lowest BCUT2D eigenvalue weighted by Gasteiger charge is -2.22. The molecule has 0 spiro atoms. The van der Waals surface area contributed by atoms with E-state index in [1.807, 2.05) is 0 Å². The number of ether oxygens (including phenoxy) is 1. The van der Waals surface area contributed by atoms with Crippen LogP contribution in [-0.2, 0) is 4.74 Å². The van der Waals surface area contributed by atoms with Gasteiger partial charge >= 0.3 is 12.1 Å². The maximum absolute atomic E-state index is 12.6. The lowest BCUT2D eigenvalue weighted by molar-refractivity contribution is -0.293. The van der Waals surface area contributed by atoms with Crippen LogP contribution in [0.3, 0.4) is 0 Å². The largest absolute Gasteiger partial charge is 0.476 e. The fourth-order valence-corrected chi connectivity index (χ4v) is 0.964. The second-order valence-electron chi connectivity index (χ2n) is 4.67. The minimum absolute atomic E-state index is 0.298. The summed E-state index contributed by atoms with van der Waals surface area (Å²) in [5, 5.41) is 17.5. The molecule has 0 aliphatic heterocycles. The van der Waals surface area contributed by atoms with Gasteiger partial charge in [0, 0.05) is 5.41 Å². The van der Waals surface area contributed by atoms with E-state index in [1.54, 1.807) is 6.07 Å². The van der Waals surface area contributed by atoms with Crippen LogP contribution in [0.2, 0.25) is 0 Å². The first-order valence-electron chi connectivity index (χ1n) is 4.99. The third-order valence-electron chi connectivity index (χ3n) is 2.00. The van der Waals surface area contributed by atoms with Gasteiger partial charge in [0.05, 0.1) is 11.6 Å². The Morgan fingerprint density at radius 3 is 1.74 bits per heavy atom. The van der Waals surface area contributed by atoms with Crippen LogP contribution in [-0.4, -0.2) is 18.7 Å². The maximum Gasteiger partial charge on any atom is 0.456 e. The summed E-state index contributed by atoms with van der Waals surface area (Å²) in [6.07, 6.45) is -5.78. The van der Waals surface area contributed by atoms with E-state index in [1.165, 1.54) is 26.8 Å². The molecule has 106 valence electrons. The Hall–Kier alpha value is -1.83. The average molecular weight is 282 g/mol. The second kappa shape index (κ2) is 5.43. The minimum atomic E-state index is -5.78. The van der Waals surface area contributed by atoms with Crippen LogP contribution in [0.1, 0.15) is 20.8 Å². The van der Waals surface area contributed by atoms with E-state index in [0.717, 1.165) is 0 Å². The first-order chi connectivity index (χ1) is 8.36. The van der Waals surface area contributed by atoms with Crippen molar-refractivity contribution >= 4 is 0 Å². The van der Waals surface area contributed by atoms with Crippen molar-refractivity contribution in [2.45, 2.75) is 32.9 Å². The van der Waals surface area contributed by atoms with Crippen molar-refractivity contribution < 1.29 is 26.7 Å². The second-order valence-corrected chi connectivity index (χ2v) is 4.67. The van der Waals surface area contributed by atoms with E-state index in [0.29, 0.717) is 0 Å². The Kier molecular flexibility index (Phi) is 4.91. The van der Waals surface area contributed by atoms with Crippen LogP contribution < -0.4 is 0 Å². The van der Waals surface area contributed by atoms with Crippen molar-refractivity contribution in [2.24, 2.45) is 5.41 Å². The quantitative estimate of drug-likeness (QED) is 0.452. The van der Waals surface area contributed by atoms with Crippen LogP contribution in [0, 0.1) is 28.1 Å². The first kappa shape index (κ1) is 17.2. The van der Waals surface area contributed by atoms with Crippen molar-refractivity contribution in [3.63, 3.8) is 0 Å². The van der Waals surface area contributed by atoms with Crippen molar-refractivity contribution in [1.82, 2.24) is 0 Å². The molecule has 8 heteroatoms. The van der Waals surface area contributed by atoms with Gasteiger partial charge in [-0.15, -0.1) is 0 Å². The summed E-state index contributed by atoms with van der Waals surface area (Å²) in [6, 6.07) is 2.89. The van der Waals surface area contributed by atoms with Gasteiger partial charge in [0.2, 0.25) is 5.76 Å². The highest BCUT2D eigenvalue weighted by Gasteiger charge is 2.58. The molecule has 0 saturated carbocycles. The molecular formula is C11H11F5N2O. The summed E-state index contributed by atoms with van der Waals surface area (Å²) >= 11 is 0. The van der Waals surface area contributed by atoms with Crippen molar-refractivity contribution in [3.8, 4) is 12.1 Å². The number of halogens is 5. The summed E-state index contributed by atoms with van der Waals surface area (Å²) in [5.41, 5.74) is -1.21. The average Bonchev–Trinajstić information content (AvgIpc) is 2.20. The lowest BCUT2D eigenvalue weighted by atomic mass is 9.86. The number of allylic oxidation sites excluding steroid dienone is 2. The molecule has 0 aromatic rings. The molecule has 0 amide bonds. The van der Waals surface area contributed by atoms with Gasteiger partial charge in [0.15, 0.2) is 6.61 Å². The monoisotopic (exact) mass is 282 g/mol. The van der Waals surface area contributed by atoms with Crippen molar-refractivity contribution in [3.05, 3.63) is 11.3 Å². The Bertz CT molecular complexity index is 446. The third-order valence-corrected chi connectivity index (χ3v) is 2.00.